The second kappa shape index (κ2) is 5.27. The molecule has 1 unspecified atom stereocenters. The predicted molar refractivity (Wildman–Crippen MR) is 67.8 cm³/mol. The van der Waals surface area contributed by atoms with Gasteiger partial charge >= 0.3 is 5.97 Å². The van der Waals surface area contributed by atoms with E-state index in [1.165, 1.54) is 36.0 Å². The van der Waals surface area contributed by atoms with Gasteiger partial charge in [0.15, 0.2) is 5.69 Å². The van der Waals surface area contributed by atoms with Gasteiger partial charge in [-0.3, -0.25) is 5.43 Å². The van der Waals surface area contributed by atoms with Gasteiger partial charge in [-0.1, -0.05) is 13.3 Å². The normalized spacial score (nSPS) is 22.6. The van der Waals surface area contributed by atoms with Gasteiger partial charge in [0.25, 0.3) is 0 Å². The lowest BCUT2D eigenvalue weighted by atomic mass is 9.89. The van der Waals surface area contributed by atoms with Gasteiger partial charge in [-0.15, -0.1) is 11.3 Å². The predicted octanol–water partition coefficient (Wildman–Crippen LogP) is 2.82. The summed E-state index contributed by atoms with van der Waals surface area (Å²) in [5.74, 6) is -0.497. The summed E-state index contributed by atoms with van der Waals surface area (Å²) in [6.07, 6.45) is 4.65. The van der Waals surface area contributed by atoms with Crippen molar-refractivity contribution in [1.82, 2.24) is 4.98 Å². The fourth-order valence-electron chi connectivity index (χ4n) is 1.88. The molecule has 1 aliphatic rings. The summed E-state index contributed by atoms with van der Waals surface area (Å²) in [5.41, 5.74) is 4.07. The molecule has 1 aromatic rings. The molecule has 92 valence electrons. The zero-order valence-corrected chi connectivity index (χ0v) is 10.5. The molecule has 6 heteroatoms. The number of thiazole rings is 1. The molecule has 1 aliphatic carbocycles. The minimum atomic E-state index is -1.01. The monoisotopic (exact) mass is 253 g/mol. The maximum atomic E-state index is 10.7. The molecular weight excluding hydrogens is 238 g/mol. The van der Waals surface area contributed by atoms with Crippen LogP contribution in [0.15, 0.2) is 10.5 Å². The van der Waals surface area contributed by atoms with E-state index in [4.69, 9.17) is 5.11 Å². The average Bonchev–Trinajstić information content (AvgIpc) is 2.77. The van der Waals surface area contributed by atoms with Gasteiger partial charge < -0.3 is 5.11 Å². The largest absolute Gasteiger partial charge is 0.476 e. The van der Waals surface area contributed by atoms with E-state index < -0.39 is 5.97 Å². The Bertz CT molecular complexity index is 442. The fourth-order valence-corrected chi connectivity index (χ4v) is 2.50. The molecule has 0 aromatic carbocycles. The van der Waals surface area contributed by atoms with E-state index in [2.05, 4.69) is 22.4 Å². The first-order chi connectivity index (χ1) is 8.16. The van der Waals surface area contributed by atoms with Crippen molar-refractivity contribution in [3.8, 4) is 0 Å². The van der Waals surface area contributed by atoms with Crippen molar-refractivity contribution in [2.24, 2.45) is 11.0 Å². The van der Waals surface area contributed by atoms with Crippen LogP contribution in [-0.2, 0) is 0 Å². The molecule has 1 fully saturated rings. The van der Waals surface area contributed by atoms with E-state index in [0.717, 1.165) is 12.1 Å². The Morgan fingerprint density at radius 1 is 1.65 bits per heavy atom. The molecule has 0 bridgehead atoms. The van der Waals surface area contributed by atoms with Crippen LogP contribution in [-0.4, -0.2) is 21.8 Å². The molecule has 1 atom stereocenters. The van der Waals surface area contributed by atoms with Crippen LogP contribution >= 0.6 is 11.3 Å². The molecule has 5 nitrogen and oxygen atoms in total. The van der Waals surface area contributed by atoms with Gasteiger partial charge in [-0.2, -0.15) is 5.10 Å². The molecule has 0 saturated heterocycles. The second-order valence-electron chi connectivity index (χ2n) is 4.20. The number of aromatic nitrogens is 1. The molecule has 17 heavy (non-hydrogen) atoms. The van der Waals surface area contributed by atoms with Crippen molar-refractivity contribution in [1.29, 1.82) is 0 Å². The van der Waals surface area contributed by atoms with E-state index in [9.17, 15) is 4.79 Å². The first kappa shape index (κ1) is 12.0. The van der Waals surface area contributed by atoms with Gasteiger partial charge in [0.05, 0.1) is 0 Å². The molecular formula is C11H15N3O2S. The lowest BCUT2D eigenvalue weighted by Gasteiger charge is -2.19. The van der Waals surface area contributed by atoms with Crippen molar-refractivity contribution in [3.63, 3.8) is 0 Å². The molecule has 1 heterocycles. The number of nitrogens with zero attached hydrogens (tertiary/aromatic N) is 2. The van der Waals surface area contributed by atoms with Gasteiger partial charge in [-0.25, -0.2) is 9.78 Å². The minimum absolute atomic E-state index is 0.0643. The van der Waals surface area contributed by atoms with Gasteiger partial charge in [0, 0.05) is 11.1 Å². The van der Waals surface area contributed by atoms with E-state index in [1.54, 1.807) is 0 Å². The lowest BCUT2D eigenvalue weighted by Crippen LogP contribution is -2.17. The van der Waals surface area contributed by atoms with Crippen LogP contribution in [0.3, 0.4) is 0 Å². The topological polar surface area (TPSA) is 74.6 Å². The van der Waals surface area contributed by atoms with Crippen LogP contribution < -0.4 is 5.43 Å². The number of carboxylic acid groups (broad SMARTS) is 1. The summed E-state index contributed by atoms with van der Waals surface area (Å²) in [5, 5.41) is 15.1. The summed E-state index contributed by atoms with van der Waals surface area (Å²) in [6.45, 7) is 2.17. The summed E-state index contributed by atoms with van der Waals surface area (Å²) in [7, 11) is 0. The Morgan fingerprint density at radius 3 is 3.12 bits per heavy atom. The zero-order valence-electron chi connectivity index (χ0n) is 9.64. The van der Waals surface area contributed by atoms with Crippen molar-refractivity contribution in [2.75, 3.05) is 5.43 Å². The van der Waals surface area contributed by atoms with Crippen molar-refractivity contribution >= 4 is 28.1 Å². The lowest BCUT2D eigenvalue weighted by molar-refractivity contribution is 0.0691. The second-order valence-corrected chi connectivity index (χ2v) is 5.06. The van der Waals surface area contributed by atoms with Gasteiger partial charge in [0.1, 0.15) is 0 Å². The number of aromatic carboxylic acids is 1. The Balaban J connectivity index is 2.00. The summed E-state index contributed by atoms with van der Waals surface area (Å²) < 4.78 is 0. The third kappa shape index (κ3) is 3.03. The molecule has 1 saturated carbocycles. The number of hydrazone groups is 1. The molecule has 1 aromatic heterocycles. The molecule has 0 spiro atoms. The quantitative estimate of drug-likeness (QED) is 0.812. The van der Waals surface area contributed by atoms with Crippen LogP contribution in [0.5, 0.6) is 0 Å². The Morgan fingerprint density at radius 2 is 2.47 bits per heavy atom. The van der Waals surface area contributed by atoms with Crippen LogP contribution in [0.25, 0.3) is 0 Å². The number of carbonyl (C=O) groups is 1. The van der Waals surface area contributed by atoms with Crippen molar-refractivity contribution in [3.05, 3.63) is 11.1 Å². The van der Waals surface area contributed by atoms with Crippen molar-refractivity contribution < 1.29 is 9.90 Å². The van der Waals surface area contributed by atoms with Gasteiger partial charge in [0.2, 0.25) is 5.13 Å². The van der Waals surface area contributed by atoms with Crippen LogP contribution in [0, 0.1) is 5.92 Å². The van der Waals surface area contributed by atoms with Crippen LogP contribution in [0.2, 0.25) is 0 Å². The highest BCUT2D eigenvalue weighted by molar-refractivity contribution is 7.13. The van der Waals surface area contributed by atoms with Crippen LogP contribution in [0.4, 0.5) is 5.13 Å². The number of rotatable bonds is 3. The van der Waals surface area contributed by atoms with Crippen molar-refractivity contribution in [2.45, 2.75) is 32.6 Å². The number of nitrogens with one attached hydrogen (secondary N) is 1. The molecule has 0 aliphatic heterocycles. The average molecular weight is 253 g/mol. The first-order valence-corrected chi connectivity index (χ1v) is 6.56. The third-order valence-corrected chi connectivity index (χ3v) is 3.65. The highest BCUT2D eigenvalue weighted by atomic mass is 32.1. The third-order valence-electron chi connectivity index (χ3n) is 2.91. The standard InChI is InChI=1S/C11H15N3O2S/c1-7-4-2-3-5-8(7)13-14-11-12-9(6-17-11)10(15)16/h6-7H,2-5H2,1H3,(H,12,14)(H,15,16)/b13-8-. The number of hydrogen-bond acceptors (Lipinski definition) is 5. The van der Waals surface area contributed by atoms with E-state index in [1.807, 2.05) is 0 Å². The van der Waals surface area contributed by atoms with E-state index in [-0.39, 0.29) is 5.69 Å². The van der Waals surface area contributed by atoms with E-state index in [0.29, 0.717) is 11.0 Å². The number of carboxylic acids is 1. The molecule has 0 amide bonds. The smallest absolute Gasteiger partial charge is 0.355 e. The molecule has 2 rings (SSSR count). The summed E-state index contributed by atoms with van der Waals surface area (Å²) >= 11 is 1.26. The SMILES string of the molecule is CC1CCCC/C1=N/Nc1nc(C(=O)O)cs1. The van der Waals surface area contributed by atoms with E-state index >= 15 is 0 Å². The Labute approximate surface area is 104 Å². The molecule has 0 radical (unpaired) electrons. The summed E-state index contributed by atoms with van der Waals surface area (Å²) in [4.78, 5) is 14.6. The highest BCUT2D eigenvalue weighted by Gasteiger charge is 2.16. The highest BCUT2D eigenvalue weighted by Crippen LogP contribution is 2.22. The first-order valence-electron chi connectivity index (χ1n) is 5.68. The fraction of sp³-hybridized carbons (Fsp3) is 0.545. The van der Waals surface area contributed by atoms with Gasteiger partial charge in [-0.05, 0) is 25.2 Å². The maximum absolute atomic E-state index is 10.7. The summed E-state index contributed by atoms with van der Waals surface area (Å²) in [6, 6.07) is 0. The van der Waals surface area contributed by atoms with Crippen LogP contribution in [0.1, 0.15) is 43.1 Å². The minimum Gasteiger partial charge on any atom is -0.476 e. The Hall–Kier alpha value is -1.43. The maximum Gasteiger partial charge on any atom is 0.355 e. The Kier molecular flexibility index (Phi) is 3.73. The number of hydrogen-bond donors (Lipinski definition) is 2. The zero-order chi connectivity index (χ0) is 12.3. The number of anilines is 1. The molecule has 2 N–H and O–H groups in total.